The van der Waals surface area contributed by atoms with Crippen molar-refractivity contribution >= 4 is 34.8 Å². The minimum absolute atomic E-state index is 0.00465. The van der Waals surface area contributed by atoms with E-state index in [1.54, 1.807) is 23.1 Å². The Hall–Kier alpha value is -3.24. The highest BCUT2D eigenvalue weighted by Crippen LogP contribution is 2.33. The summed E-state index contributed by atoms with van der Waals surface area (Å²) in [5.74, 6) is 0.00484. The maximum atomic E-state index is 12.7. The first-order valence-electron chi connectivity index (χ1n) is 9.29. The molecule has 150 valence electrons. The van der Waals surface area contributed by atoms with E-state index in [2.05, 4.69) is 10.6 Å². The van der Waals surface area contributed by atoms with Crippen LogP contribution in [0.2, 0.25) is 5.02 Å². The fraction of sp³-hybridized carbons (Fsp3) is 0.286. The molecule has 0 fully saturated rings. The number of fused-ring (bicyclic) bond motifs is 1. The predicted octanol–water partition coefficient (Wildman–Crippen LogP) is 2.94. The highest BCUT2D eigenvalue weighted by Gasteiger charge is 2.31. The molecule has 1 heterocycles. The number of nitrogens with zero attached hydrogens (tertiary/aromatic N) is 2. The van der Waals surface area contributed by atoms with Gasteiger partial charge in [-0.1, -0.05) is 30.7 Å². The van der Waals surface area contributed by atoms with Crippen LogP contribution in [0.1, 0.15) is 18.9 Å². The van der Waals surface area contributed by atoms with Crippen LogP contribution >= 0.6 is 11.6 Å². The third kappa shape index (κ3) is 4.98. The molecule has 2 aromatic rings. The Morgan fingerprint density at radius 1 is 1.31 bits per heavy atom. The van der Waals surface area contributed by atoms with E-state index in [4.69, 9.17) is 16.3 Å². The van der Waals surface area contributed by atoms with E-state index in [0.29, 0.717) is 28.6 Å². The maximum Gasteiger partial charge on any atom is 0.262 e. The predicted molar refractivity (Wildman–Crippen MR) is 111 cm³/mol. The third-order valence-electron chi connectivity index (χ3n) is 4.41. The van der Waals surface area contributed by atoms with Crippen LogP contribution in [0.15, 0.2) is 42.5 Å². The van der Waals surface area contributed by atoms with Crippen molar-refractivity contribution in [1.82, 2.24) is 5.32 Å². The van der Waals surface area contributed by atoms with Gasteiger partial charge in [0.2, 0.25) is 5.91 Å². The number of halogens is 1. The fourth-order valence-electron chi connectivity index (χ4n) is 3.04. The summed E-state index contributed by atoms with van der Waals surface area (Å²) in [6.07, 6.45) is 0.104. The van der Waals surface area contributed by atoms with Crippen molar-refractivity contribution in [3.63, 3.8) is 0 Å². The highest BCUT2D eigenvalue weighted by molar-refractivity contribution is 6.31. The Morgan fingerprint density at radius 2 is 2.10 bits per heavy atom. The average Bonchev–Trinajstić information content (AvgIpc) is 2.72. The molecule has 0 aromatic heterocycles. The van der Waals surface area contributed by atoms with Gasteiger partial charge in [-0.15, -0.1) is 0 Å². The molecule has 0 saturated heterocycles. The van der Waals surface area contributed by atoms with Crippen molar-refractivity contribution in [2.45, 2.75) is 19.4 Å². The zero-order valence-corrected chi connectivity index (χ0v) is 16.7. The zero-order valence-electron chi connectivity index (χ0n) is 15.9. The SMILES string of the molecule is CCCNC(=O)[C@H]1CN(CC(=O)Nc2cc(Cl)ccc2C#N)c2ccccc2O1. The molecular weight excluding hydrogens is 392 g/mol. The van der Waals surface area contributed by atoms with E-state index in [0.717, 1.165) is 12.1 Å². The van der Waals surface area contributed by atoms with Gasteiger partial charge in [0.1, 0.15) is 11.8 Å². The van der Waals surface area contributed by atoms with E-state index >= 15 is 0 Å². The summed E-state index contributed by atoms with van der Waals surface area (Å²) in [6, 6.07) is 14.0. The molecule has 3 rings (SSSR count). The molecule has 0 radical (unpaired) electrons. The maximum absolute atomic E-state index is 12.7. The molecule has 0 unspecified atom stereocenters. The monoisotopic (exact) mass is 412 g/mol. The van der Waals surface area contributed by atoms with E-state index in [9.17, 15) is 14.9 Å². The summed E-state index contributed by atoms with van der Waals surface area (Å²) in [5, 5.41) is 15.2. The van der Waals surface area contributed by atoms with Gasteiger partial charge in [0, 0.05) is 11.6 Å². The lowest BCUT2D eigenvalue weighted by atomic mass is 10.1. The lowest BCUT2D eigenvalue weighted by Gasteiger charge is -2.35. The van der Waals surface area contributed by atoms with Gasteiger partial charge in [-0.3, -0.25) is 9.59 Å². The van der Waals surface area contributed by atoms with Gasteiger partial charge in [-0.25, -0.2) is 0 Å². The molecule has 1 atom stereocenters. The number of hydrogen-bond donors (Lipinski definition) is 2. The summed E-state index contributed by atoms with van der Waals surface area (Å²) in [7, 11) is 0. The van der Waals surface area contributed by atoms with Gasteiger partial charge < -0.3 is 20.3 Å². The number of hydrogen-bond acceptors (Lipinski definition) is 5. The molecule has 0 saturated carbocycles. The largest absolute Gasteiger partial charge is 0.477 e. The van der Waals surface area contributed by atoms with E-state index < -0.39 is 6.10 Å². The Labute approximate surface area is 174 Å². The minimum Gasteiger partial charge on any atom is -0.477 e. The fourth-order valence-corrected chi connectivity index (χ4v) is 3.21. The third-order valence-corrected chi connectivity index (χ3v) is 4.65. The van der Waals surface area contributed by atoms with Crippen LogP contribution in [0.25, 0.3) is 0 Å². The number of nitrogens with one attached hydrogen (secondary N) is 2. The van der Waals surface area contributed by atoms with Crippen molar-refractivity contribution in [1.29, 1.82) is 5.26 Å². The molecule has 2 aromatic carbocycles. The number of carbonyl (C=O) groups excluding carboxylic acids is 2. The van der Waals surface area contributed by atoms with Gasteiger partial charge >= 0.3 is 0 Å². The quantitative estimate of drug-likeness (QED) is 0.760. The van der Waals surface area contributed by atoms with Gasteiger partial charge in [0.25, 0.3) is 5.91 Å². The normalized spacial score (nSPS) is 14.9. The Balaban J connectivity index is 1.76. The number of rotatable bonds is 6. The zero-order chi connectivity index (χ0) is 20.8. The molecule has 8 heteroatoms. The van der Waals surface area contributed by atoms with Crippen LogP contribution in [0, 0.1) is 11.3 Å². The molecule has 0 spiro atoms. The molecule has 0 bridgehead atoms. The number of nitriles is 1. The molecule has 2 amide bonds. The van der Waals surface area contributed by atoms with Crippen molar-refractivity contribution in [3.05, 3.63) is 53.1 Å². The smallest absolute Gasteiger partial charge is 0.262 e. The first-order valence-corrected chi connectivity index (χ1v) is 9.67. The molecule has 7 nitrogen and oxygen atoms in total. The number of anilines is 2. The van der Waals surface area contributed by atoms with Crippen LogP contribution < -0.4 is 20.3 Å². The second-order valence-corrected chi connectivity index (χ2v) is 7.03. The standard InChI is InChI=1S/C21H21ClN4O3/c1-2-9-24-21(28)19-12-26(17-5-3-4-6-18(17)29-19)13-20(27)25-16-10-15(22)8-7-14(16)11-23/h3-8,10,19H,2,9,12-13H2,1H3,(H,24,28)(H,25,27)/t19-/m1/s1. The number of ether oxygens (including phenoxy) is 1. The summed E-state index contributed by atoms with van der Waals surface area (Å²) in [6.45, 7) is 2.77. The van der Waals surface area contributed by atoms with E-state index in [1.165, 1.54) is 6.07 Å². The van der Waals surface area contributed by atoms with Crippen LogP contribution in [-0.2, 0) is 9.59 Å². The first kappa shape index (κ1) is 20.5. The molecular formula is C21H21ClN4O3. The van der Waals surface area contributed by atoms with Crippen LogP contribution in [0.3, 0.4) is 0 Å². The average molecular weight is 413 g/mol. The second-order valence-electron chi connectivity index (χ2n) is 6.60. The molecule has 1 aliphatic heterocycles. The summed E-state index contributed by atoms with van der Waals surface area (Å²) >= 11 is 5.98. The van der Waals surface area contributed by atoms with Gasteiger partial charge in [-0.05, 0) is 36.8 Å². The van der Waals surface area contributed by atoms with E-state index in [1.807, 2.05) is 31.2 Å². The topological polar surface area (TPSA) is 94.5 Å². The summed E-state index contributed by atoms with van der Waals surface area (Å²) in [5.41, 5.74) is 1.40. The Morgan fingerprint density at radius 3 is 2.86 bits per heavy atom. The first-order chi connectivity index (χ1) is 14.0. The van der Waals surface area contributed by atoms with Gasteiger partial charge in [0.05, 0.1) is 30.0 Å². The van der Waals surface area contributed by atoms with E-state index in [-0.39, 0.29) is 24.9 Å². The van der Waals surface area contributed by atoms with Crippen LogP contribution in [0.5, 0.6) is 5.75 Å². The number of carbonyl (C=O) groups is 2. The summed E-state index contributed by atoms with van der Waals surface area (Å²) in [4.78, 5) is 26.9. The van der Waals surface area contributed by atoms with Crippen molar-refractivity contribution in [2.75, 3.05) is 29.9 Å². The summed E-state index contributed by atoms with van der Waals surface area (Å²) < 4.78 is 5.83. The lowest BCUT2D eigenvalue weighted by Crippen LogP contribution is -2.50. The Bertz CT molecular complexity index is 957. The van der Waals surface area contributed by atoms with Gasteiger partial charge in [0.15, 0.2) is 6.10 Å². The van der Waals surface area contributed by atoms with Crippen LogP contribution in [-0.4, -0.2) is 37.6 Å². The number of benzene rings is 2. The molecule has 29 heavy (non-hydrogen) atoms. The van der Waals surface area contributed by atoms with Gasteiger partial charge in [-0.2, -0.15) is 5.26 Å². The van der Waals surface area contributed by atoms with Crippen LogP contribution in [0.4, 0.5) is 11.4 Å². The second kappa shape index (κ2) is 9.30. The highest BCUT2D eigenvalue weighted by atomic mass is 35.5. The lowest BCUT2D eigenvalue weighted by molar-refractivity contribution is -0.128. The molecule has 2 N–H and O–H groups in total. The molecule has 0 aliphatic carbocycles. The van der Waals surface area contributed by atoms with Crippen molar-refractivity contribution in [3.8, 4) is 11.8 Å². The van der Waals surface area contributed by atoms with Crippen molar-refractivity contribution < 1.29 is 14.3 Å². The Kier molecular flexibility index (Phi) is 6.57. The number of amides is 2. The minimum atomic E-state index is -0.718. The van der Waals surface area contributed by atoms with Crippen molar-refractivity contribution in [2.24, 2.45) is 0 Å². The molecule has 1 aliphatic rings. The number of para-hydroxylation sites is 2.